The summed E-state index contributed by atoms with van der Waals surface area (Å²) in [7, 11) is -14.5. The van der Waals surface area contributed by atoms with E-state index in [9.17, 15) is 54.2 Å². The van der Waals surface area contributed by atoms with Crippen LogP contribution in [0.4, 0.5) is 0 Å². The molecule has 49 heavy (non-hydrogen) atoms. The van der Waals surface area contributed by atoms with Gasteiger partial charge in [-0.1, -0.05) is 0 Å². The normalized spacial score (nSPS) is 11.3. The minimum Gasteiger partial charge on any atom is -0.716 e. The van der Waals surface area contributed by atoms with Gasteiger partial charge in [-0.2, -0.15) is 0 Å². The van der Waals surface area contributed by atoms with Gasteiger partial charge in [0.1, 0.15) is 33.8 Å². The van der Waals surface area contributed by atoms with Gasteiger partial charge in [-0.25, -0.2) is 25.3 Å². The predicted octanol–water partition coefficient (Wildman–Crippen LogP) is 1.96. The van der Waals surface area contributed by atoms with Crippen LogP contribution in [0.1, 0.15) is 0 Å². The van der Waals surface area contributed by atoms with E-state index in [1.807, 2.05) is 0 Å². The molecule has 0 aliphatic rings. The summed E-state index contributed by atoms with van der Waals surface area (Å²) in [5.74, 6) is -0.827. The molecule has 3 aromatic carbocycles. The molecule has 252 valence electrons. The van der Waals surface area contributed by atoms with Crippen molar-refractivity contribution in [2.75, 3.05) is 0 Å². The van der Waals surface area contributed by atoms with Gasteiger partial charge in [-0.15, -0.1) is 0 Å². The van der Waals surface area contributed by atoms with Crippen LogP contribution < -0.4 is 12.5 Å². The number of rotatable bonds is 6. The van der Waals surface area contributed by atoms with Gasteiger partial charge in [0.25, 0.3) is 31.2 Å². The van der Waals surface area contributed by atoms with Crippen LogP contribution in [0.2, 0.25) is 0 Å². The molecule has 0 atom stereocenters. The van der Waals surface area contributed by atoms with E-state index in [-0.39, 0.29) is 84.6 Å². The topological polar surface area (TPSA) is 299 Å². The zero-order chi connectivity index (χ0) is 35.3. The second-order valence-electron chi connectivity index (χ2n) is 8.92. The Hall–Kier alpha value is -5.05. The second kappa shape index (κ2) is 15.4. The average Bonchev–Trinajstić information content (AvgIpc) is 3.01. The van der Waals surface area contributed by atoms with E-state index < -0.39 is 31.2 Å². The maximum atomic E-state index is 10.5. The minimum atomic E-state index is -4.84. The zero-order valence-electron chi connectivity index (χ0n) is 24.0. The summed E-state index contributed by atoms with van der Waals surface area (Å²) in [6, 6.07) is 16.2. The third-order valence-electron chi connectivity index (χ3n) is 5.70. The van der Waals surface area contributed by atoms with Gasteiger partial charge >= 0.3 is 17.4 Å². The van der Waals surface area contributed by atoms with Crippen molar-refractivity contribution in [3.63, 3.8) is 0 Å². The summed E-state index contributed by atoms with van der Waals surface area (Å²) >= 11 is 0. The quantitative estimate of drug-likeness (QED) is 0.125. The molecule has 3 aromatic heterocycles. The third-order valence-corrected chi connectivity index (χ3v) is 6.85. The van der Waals surface area contributed by atoms with Gasteiger partial charge in [-0.05, 0) is 72.8 Å². The first-order chi connectivity index (χ1) is 22.4. The van der Waals surface area contributed by atoms with E-state index in [4.69, 9.17) is 0 Å². The van der Waals surface area contributed by atoms with E-state index in [0.29, 0.717) is 0 Å². The summed E-state index contributed by atoms with van der Waals surface area (Å²) in [6.07, 6.45) is 4.28. The smallest absolute Gasteiger partial charge is 0.716 e. The molecule has 0 unspecified atom stereocenters. The van der Waals surface area contributed by atoms with E-state index in [1.54, 1.807) is 0 Å². The maximum absolute atomic E-state index is 10.5. The Kier molecular flexibility index (Phi) is 12.1. The predicted molar refractivity (Wildman–Crippen MR) is 167 cm³/mol. The Balaban J connectivity index is 0.000000197. The van der Waals surface area contributed by atoms with Gasteiger partial charge in [0.2, 0.25) is 0 Å². The summed E-state index contributed by atoms with van der Waals surface area (Å²) in [5, 5.41) is 29.1. The van der Waals surface area contributed by atoms with Crippen molar-refractivity contribution in [1.29, 1.82) is 0 Å². The Morgan fingerprint density at radius 1 is 0.449 bits per heavy atom. The van der Waals surface area contributed by atoms with Crippen LogP contribution in [0.15, 0.2) is 91.4 Å². The van der Waals surface area contributed by atoms with E-state index in [1.165, 1.54) is 91.4 Å². The average molecular weight is 748 g/mol. The van der Waals surface area contributed by atoms with Crippen LogP contribution in [0.5, 0.6) is 34.5 Å². The third kappa shape index (κ3) is 10.7. The number of nitrogens with zero attached hydrogens (tertiary/aromatic N) is 3. The first-order valence-electron chi connectivity index (χ1n) is 12.6. The number of hydrogen-bond acceptors (Lipinski definition) is 18. The molecule has 0 aliphatic carbocycles. The fraction of sp³-hybridized carbons (Fsp3) is 0. The summed E-state index contributed by atoms with van der Waals surface area (Å²) in [4.78, 5) is 11.5. The van der Waals surface area contributed by atoms with Crippen molar-refractivity contribution in [2.45, 2.75) is 0 Å². The first kappa shape index (κ1) is 38.4. The largest absolute Gasteiger partial charge is 3.00 e. The van der Waals surface area contributed by atoms with Crippen molar-refractivity contribution in [2.24, 2.45) is 0 Å². The Morgan fingerprint density at radius 3 is 0.918 bits per heavy atom. The molecular formula is C27H18AlN3O15S3. The van der Waals surface area contributed by atoms with Crippen LogP contribution in [-0.2, 0) is 31.2 Å². The van der Waals surface area contributed by atoms with Crippen molar-refractivity contribution in [1.82, 2.24) is 15.0 Å². The SMILES string of the molecule is O=S(=O)([O-])Oc1ccc(O)c2ncccc12.O=S(=O)([O-])Oc1ccc(O)c2ncccc12.O=S(=O)([O-])Oc1ccc(O)c2ncccc12.[Al+3]. The Labute approximate surface area is 287 Å². The molecule has 3 heterocycles. The fourth-order valence-electron chi connectivity index (χ4n) is 3.94. The molecule has 0 aliphatic heterocycles. The van der Waals surface area contributed by atoms with Gasteiger partial charge in [-0.3, -0.25) is 15.0 Å². The maximum Gasteiger partial charge on any atom is 3.00 e. The number of phenolic OH excluding ortho intramolecular Hbond substituents is 3. The van der Waals surface area contributed by atoms with Gasteiger partial charge < -0.3 is 41.5 Å². The molecule has 0 fully saturated rings. The number of benzene rings is 3. The van der Waals surface area contributed by atoms with Crippen molar-refractivity contribution in [3.8, 4) is 34.5 Å². The van der Waals surface area contributed by atoms with Gasteiger partial charge in [0.15, 0.2) is 17.2 Å². The van der Waals surface area contributed by atoms with Crippen molar-refractivity contribution in [3.05, 3.63) is 91.4 Å². The van der Waals surface area contributed by atoms with Crippen LogP contribution in [0, 0.1) is 0 Å². The minimum absolute atomic E-state index is 0. The van der Waals surface area contributed by atoms with E-state index in [0.717, 1.165) is 0 Å². The molecule has 18 nitrogen and oxygen atoms in total. The van der Waals surface area contributed by atoms with Crippen LogP contribution in [0.25, 0.3) is 32.7 Å². The second-order valence-corrected chi connectivity index (χ2v) is 11.9. The van der Waals surface area contributed by atoms with Gasteiger partial charge in [0.05, 0.1) is 0 Å². The van der Waals surface area contributed by atoms with Crippen LogP contribution in [-0.4, -0.2) is 86.5 Å². The molecule has 0 saturated carbocycles. The molecule has 0 bridgehead atoms. The fourth-order valence-corrected chi connectivity index (χ4v) is 5.04. The number of aromatic nitrogens is 3. The Bertz CT molecular complexity index is 2190. The number of fused-ring (bicyclic) bond motifs is 3. The van der Waals surface area contributed by atoms with E-state index in [2.05, 4.69) is 27.5 Å². The molecule has 0 spiro atoms. The van der Waals surface area contributed by atoms with E-state index >= 15 is 0 Å². The first-order valence-corrected chi connectivity index (χ1v) is 16.6. The Morgan fingerprint density at radius 2 is 0.694 bits per heavy atom. The van der Waals surface area contributed by atoms with Crippen LogP contribution in [0.3, 0.4) is 0 Å². The molecule has 3 N–H and O–H groups in total. The summed E-state index contributed by atoms with van der Waals surface area (Å²) < 4.78 is 107. The number of aromatic hydroxyl groups is 3. The number of phenols is 3. The zero-order valence-corrected chi connectivity index (χ0v) is 27.6. The van der Waals surface area contributed by atoms with Crippen molar-refractivity contribution >= 4 is 81.3 Å². The molecule has 6 rings (SSSR count). The summed E-state index contributed by atoms with van der Waals surface area (Å²) in [6.45, 7) is 0. The molecule has 0 radical (unpaired) electrons. The van der Waals surface area contributed by atoms with Crippen LogP contribution >= 0.6 is 0 Å². The monoisotopic (exact) mass is 747 g/mol. The molecular weight excluding hydrogens is 729 g/mol. The number of hydrogen-bond donors (Lipinski definition) is 3. The van der Waals surface area contributed by atoms with Gasteiger partial charge in [0, 0.05) is 34.7 Å². The molecule has 6 aromatic rings. The standard InChI is InChI=1S/3C9H7NO5S.Al/c3*11-7-3-4-8(15-16(12,13)14)6-2-1-5-10-9(6)7;/h3*1-5,11H,(H,12,13,14);/q;;;+3/p-3. The molecule has 0 saturated heterocycles. The van der Waals surface area contributed by atoms with Crippen molar-refractivity contribution < 1.29 is 66.8 Å². The number of pyridine rings is 3. The molecule has 22 heteroatoms. The summed E-state index contributed by atoms with van der Waals surface area (Å²) in [5.41, 5.74) is 0.510. The molecule has 0 amide bonds.